The topological polar surface area (TPSA) is 21.3 Å². The average Bonchev–Trinajstić information content (AvgIpc) is 2.35. The van der Waals surface area contributed by atoms with Crippen molar-refractivity contribution in [2.75, 3.05) is 19.8 Å². The molecule has 1 atom stereocenters. The molecule has 0 aliphatic rings. The Balaban J connectivity index is 2.31. The summed E-state index contributed by atoms with van der Waals surface area (Å²) in [6, 6.07) is 9.22. The van der Waals surface area contributed by atoms with Crippen LogP contribution in [0.5, 0.6) is 0 Å². The minimum Gasteiger partial charge on any atom is -0.380 e. The largest absolute Gasteiger partial charge is 0.380 e. The second-order valence-electron chi connectivity index (χ2n) is 5.29. The van der Waals surface area contributed by atoms with Crippen LogP contribution in [0.4, 0.5) is 0 Å². The predicted molar refractivity (Wildman–Crippen MR) is 77.9 cm³/mol. The zero-order valence-corrected chi connectivity index (χ0v) is 12.2. The number of aryl methyl sites for hydroxylation is 1. The van der Waals surface area contributed by atoms with Crippen molar-refractivity contribution in [2.24, 2.45) is 5.92 Å². The van der Waals surface area contributed by atoms with Gasteiger partial charge in [0.15, 0.2) is 0 Å². The molecule has 0 saturated heterocycles. The van der Waals surface area contributed by atoms with Gasteiger partial charge >= 0.3 is 0 Å². The van der Waals surface area contributed by atoms with Crippen LogP contribution in [0.1, 0.15) is 44.4 Å². The molecule has 0 fully saturated rings. The van der Waals surface area contributed by atoms with E-state index in [9.17, 15) is 0 Å². The number of benzene rings is 1. The van der Waals surface area contributed by atoms with E-state index < -0.39 is 0 Å². The molecule has 0 aliphatic carbocycles. The van der Waals surface area contributed by atoms with Crippen molar-refractivity contribution < 1.29 is 4.74 Å². The van der Waals surface area contributed by atoms with E-state index in [0.717, 1.165) is 26.2 Å². The summed E-state index contributed by atoms with van der Waals surface area (Å²) in [6.45, 7) is 11.2. The van der Waals surface area contributed by atoms with Gasteiger partial charge in [-0.05, 0) is 24.8 Å². The third kappa shape index (κ3) is 5.65. The Kier molecular flexibility index (Phi) is 6.99. The van der Waals surface area contributed by atoms with E-state index in [4.69, 9.17) is 4.74 Å². The van der Waals surface area contributed by atoms with E-state index in [1.165, 1.54) is 11.1 Å². The molecule has 0 aliphatic heterocycles. The molecule has 0 amide bonds. The Hall–Kier alpha value is -0.860. The molecule has 1 aromatic carbocycles. The van der Waals surface area contributed by atoms with Crippen molar-refractivity contribution in [2.45, 2.75) is 40.2 Å². The molecule has 1 unspecified atom stereocenters. The van der Waals surface area contributed by atoms with Gasteiger partial charge in [0.05, 0.1) is 6.61 Å². The fraction of sp³-hybridized carbons (Fsp3) is 0.625. The van der Waals surface area contributed by atoms with E-state index >= 15 is 0 Å². The fourth-order valence-corrected chi connectivity index (χ4v) is 1.92. The lowest BCUT2D eigenvalue weighted by molar-refractivity contribution is 0.110. The quantitative estimate of drug-likeness (QED) is 0.709. The van der Waals surface area contributed by atoms with Crippen LogP contribution in [-0.4, -0.2) is 19.8 Å². The summed E-state index contributed by atoms with van der Waals surface area (Å²) in [5, 5.41) is 3.55. The van der Waals surface area contributed by atoms with Gasteiger partial charge in [0.1, 0.15) is 0 Å². The van der Waals surface area contributed by atoms with Gasteiger partial charge in [-0.25, -0.2) is 0 Å². The predicted octanol–water partition coefficient (Wildman–Crippen LogP) is 3.71. The van der Waals surface area contributed by atoms with E-state index in [1.54, 1.807) is 0 Å². The summed E-state index contributed by atoms with van der Waals surface area (Å²) in [5.41, 5.74) is 2.68. The van der Waals surface area contributed by atoms with Crippen molar-refractivity contribution in [1.82, 2.24) is 5.32 Å². The summed E-state index contributed by atoms with van der Waals surface area (Å²) in [6.07, 6.45) is 1.10. The van der Waals surface area contributed by atoms with Gasteiger partial charge in [-0.3, -0.25) is 0 Å². The first-order chi connectivity index (χ1) is 8.63. The van der Waals surface area contributed by atoms with Crippen LogP contribution < -0.4 is 5.32 Å². The third-order valence-electron chi connectivity index (χ3n) is 2.98. The molecule has 102 valence electrons. The lowest BCUT2D eigenvalue weighted by Crippen LogP contribution is -2.25. The third-order valence-corrected chi connectivity index (χ3v) is 2.98. The molecule has 0 aromatic heterocycles. The minimum atomic E-state index is 0.438. The molecule has 0 spiro atoms. The van der Waals surface area contributed by atoms with Crippen LogP contribution in [0.25, 0.3) is 0 Å². The highest BCUT2D eigenvalue weighted by atomic mass is 16.5. The number of rotatable bonds is 8. The monoisotopic (exact) mass is 249 g/mol. The number of nitrogens with one attached hydrogen (secondary N) is 1. The van der Waals surface area contributed by atoms with Crippen LogP contribution in [0.3, 0.4) is 0 Å². The Bertz CT molecular complexity index is 318. The van der Waals surface area contributed by atoms with Crippen LogP contribution in [0.2, 0.25) is 0 Å². The first-order valence-electron chi connectivity index (χ1n) is 7.01. The molecule has 1 N–H and O–H groups in total. The normalized spacial score (nSPS) is 12.9. The first-order valence-corrected chi connectivity index (χ1v) is 7.01. The SMILES string of the molecule is CCC(NCCOCC(C)C)c1ccc(C)cc1. The van der Waals surface area contributed by atoms with Gasteiger partial charge in [0, 0.05) is 19.2 Å². The first kappa shape index (κ1) is 15.2. The van der Waals surface area contributed by atoms with E-state index in [1.807, 2.05) is 0 Å². The van der Waals surface area contributed by atoms with Crippen LogP contribution >= 0.6 is 0 Å². The number of hydrogen-bond acceptors (Lipinski definition) is 2. The lowest BCUT2D eigenvalue weighted by atomic mass is 10.0. The van der Waals surface area contributed by atoms with E-state index in [-0.39, 0.29) is 0 Å². The molecule has 0 bridgehead atoms. The number of ether oxygens (including phenoxy) is 1. The Morgan fingerprint density at radius 1 is 1.17 bits per heavy atom. The Morgan fingerprint density at radius 2 is 1.83 bits per heavy atom. The highest BCUT2D eigenvalue weighted by Gasteiger charge is 2.07. The minimum absolute atomic E-state index is 0.438. The molecular weight excluding hydrogens is 222 g/mol. The van der Waals surface area contributed by atoms with Crippen molar-refractivity contribution in [3.05, 3.63) is 35.4 Å². The Morgan fingerprint density at radius 3 is 2.39 bits per heavy atom. The standard InChI is InChI=1S/C16H27NO/c1-5-16(15-8-6-14(4)7-9-15)17-10-11-18-12-13(2)3/h6-9,13,16-17H,5,10-12H2,1-4H3. The van der Waals surface area contributed by atoms with Crippen LogP contribution in [-0.2, 0) is 4.74 Å². The zero-order chi connectivity index (χ0) is 13.4. The van der Waals surface area contributed by atoms with Crippen molar-refractivity contribution in [3.8, 4) is 0 Å². The van der Waals surface area contributed by atoms with Gasteiger partial charge in [0.25, 0.3) is 0 Å². The van der Waals surface area contributed by atoms with Crippen molar-refractivity contribution in [1.29, 1.82) is 0 Å². The molecule has 0 saturated carbocycles. The highest BCUT2D eigenvalue weighted by Crippen LogP contribution is 2.16. The van der Waals surface area contributed by atoms with Gasteiger partial charge < -0.3 is 10.1 Å². The van der Waals surface area contributed by atoms with Crippen molar-refractivity contribution in [3.63, 3.8) is 0 Å². The van der Waals surface area contributed by atoms with Crippen molar-refractivity contribution >= 4 is 0 Å². The molecule has 2 heteroatoms. The second-order valence-corrected chi connectivity index (χ2v) is 5.29. The summed E-state index contributed by atoms with van der Waals surface area (Å²) >= 11 is 0. The van der Waals surface area contributed by atoms with Gasteiger partial charge in [-0.1, -0.05) is 50.6 Å². The fourth-order valence-electron chi connectivity index (χ4n) is 1.92. The summed E-state index contributed by atoms with van der Waals surface area (Å²) in [5.74, 6) is 0.615. The van der Waals surface area contributed by atoms with Crippen LogP contribution in [0, 0.1) is 12.8 Å². The van der Waals surface area contributed by atoms with Gasteiger partial charge in [-0.2, -0.15) is 0 Å². The zero-order valence-electron chi connectivity index (χ0n) is 12.2. The molecule has 1 aromatic rings. The Labute approximate surface area is 112 Å². The molecule has 1 rings (SSSR count). The van der Waals surface area contributed by atoms with E-state index in [0.29, 0.717) is 12.0 Å². The highest BCUT2D eigenvalue weighted by molar-refractivity contribution is 5.23. The molecule has 0 radical (unpaired) electrons. The molecule has 2 nitrogen and oxygen atoms in total. The average molecular weight is 249 g/mol. The maximum Gasteiger partial charge on any atom is 0.0591 e. The molecule has 18 heavy (non-hydrogen) atoms. The van der Waals surface area contributed by atoms with Crippen LogP contribution in [0.15, 0.2) is 24.3 Å². The smallest absolute Gasteiger partial charge is 0.0591 e. The molecule has 0 heterocycles. The summed E-state index contributed by atoms with van der Waals surface area (Å²) in [7, 11) is 0. The maximum absolute atomic E-state index is 5.58. The maximum atomic E-state index is 5.58. The number of hydrogen-bond donors (Lipinski definition) is 1. The molecular formula is C16H27NO. The summed E-state index contributed by atoms with van der Waals surface area (Å²) in [4.78, 5) is 0. The second kappa shape index (κ2) is 8.28. The lowest BCUT2D eigenvalue weighted by Gasteiger charge is -2.18. The van der Waals surface area contributed by atoms with Gasteiger partial charge in [-0.15, -0.1) is 0 Å². The summed E-state index contributed by atoms with van der Waals surface area (Å²) < 4.78 is 5.58. The van der Waals surface area contributed by atoms with Gasteiger partial charge in [0.2, 0.25) is 0 Å². The van der Waals surface area contributed by atoms with E-state index in [2.05, 4.69) is 57.3 Å².